The van der Waals surface area contributed by atoms with Crippen LogP contribution in [0.25, 0.3) is 10.8 Å². The molecule has 3 N–H and O–H groups in total. The van der Waals surface area contributed by atoms with Gasteiger partial charge in [0.1, 0.15) is 5.82 Å². The summed E-state index contributed by atoms with van der Waals surface area (Å²) in [4.78, 5) is 31.7. The Balaban J connectivity index is 1.48. The van der Waals surface area contributed by atoms with E-state index >= 15 is 0 Å². The maximum atomic E-state index is 12.9. The van der Waals surface area contributed by atoms with Crippen molar-refractivity contribution in [2.45, 2.75) is 6.54 Å². The Bertz CT molecular complexity index is 1260. The van der Waals surface area contributed by atoms with Crippen molar-refractivity contribution in [2.75, 3.05) is 10.6 Å². The summed E-state index contributed by atoms with van der Waals surface area (Å²) in [5.74, 6) is 0.152. The van der Waals surface area contributed by atoms with Crippen molar-refractivity contribution in [3.8, 4) is 5.88 Å². The molecule has 2 heterocycles. The van der Waals surface area contributed by atoms with E-state index < -0.39 is 6.16 Å². The first-order valence-corrected chi connectivity index (χ1v) is 9.43. The van der Waals surface area contributed by atoms with Crippen molar-refractivity contribution in [3.05, 3.63) is 90.3 Å². The van der Waals surface area contributed by atoms with Crippen molar-refractivity contribution < 1.29 is 19.4 Å². The largest absolute Gasteiger partial charge is 0.512 e. The predicted octanol–water partition coefficient (Wildman–Crippen LogP) is 4.55. The standard InChI is InChI=1S/C23H18N4O4/c28-22(27-20-12-16-5-1-2-6-17(16)14-26-20)18-7-3-4-8-19(18)25-13-15-9-10-24-21(11-15)31-23(29)30/h1-12,14,25H,13H2,(H,29,30)(H,26,27,28). The van der Waals surface area contributed by atoms with Crippen LogP contribution in [0.1, 0.15) is 15.9 Å². The van der Waals surface area contributed by atoms with Gasteiger partial charge in [-0.3, -0.25) is 4.79 Å². The Kier molecular flexibility index (Phi) is 5.70. The smallest absolute Gasteiger partial charge is 0.449 e. The van der Waals surface area contributed by atoms with Crippen LogP contribution in [-0.4, -0.2) is 27.1 Å². The van der Waals surface area contributed by atoms with Crippen LogP contribution in [0.4, 0.5) is 16.3 Å². The highest BCUT2D eigenvalue weighted by Crippen LogP contribution is 2.20. The zero-order valence-corrected chi connectivity index (χ0v) is 16.3. The van der Waals surface area contributed by atoms with Gasteiger partial charge in [-0.1, -0.05) is 36.4 Å². The van der Waals surface area contributed by atoms with E-state index in [0.29, 0.717) is 23.6 Å². The number of pyridine rings is 2. The number of nitrogens with one attached hydrogen (secondary N) is 2. The molecule has 154 valence electrons. The summed E-state index contributed by atoms with van der Waals surface area (Å²) in [5.41, 5.74) is 1.82. The van der Waals surface area contributed by atoms with E-state index in [-0.39, 0.29) is 11.8 Å². The number of benzene rings is 2. The zero-order valence-electron chi connectivity index (χ0n) is 16.3. The van der Waals surface area contributed by atoms with E-state index in [1.54, 1.807) is 30.5 Å². The maximum Gasteiger partial charge on any atom is 0.512 e. The number of hydrogen-bond donors (Lipinski definition) is 3. The average Bonchev–Trinajstić information content (AvgIpc) is 2.77. The molecule has 0 bridgehead atoms. The minimum Gasteiger partial charge on any atom is -0.449 e. The molecule has 1 amide bonds. The first kappa shape index (κ1) is 19.8. The molecule has 0 saturated carbocycles. The van der Waals surface area contributed by atoms with Gasteiger partial charge in [0.15, 0.2) is 0 Å². The van der Waals surface area contributed by atoms with Gasteiger partial charge in [0.25, 0.3) is 5.91 Å². The molecule has 8 nitrogen and oxygen atoms in total. The van der Waals surface area contributed by atoms with E-state index in [4.69, 9.17) is 5.11 Å². The maximum absolute atomic E-state index is 12.9. The molecule has 8 heteroatoms. The minimum atomic E-state index is -1.43. The number of aromatic nitrogens is 2. The molecule has 0 saturated heterocycles. The molecule has 0 atom stereocenters. The first-order chi connectivity index (χ1) is 15.1. The van der Waals surface area contributed by atoms with Crippen LogP contribution in [0.2, 0.25) is 0 Å². The lowest BCUT2D eigenvalue weighted by molar-refractivity contribution is 0.102. The molecule has 0 fully saturated rings. The molecule has 2 aromatic heterocycles. The quantitative estimate of drug-likeness (QED) is 0.397. The SMILES string of the molecule is O=C(O)Oc1cc(CNc2ccccc2C(=O)Nc2cc3ccccc3cn2)ccn1. The summed E-state index contributed by atoms with van der Waals surface area (Å²) in [7, 11) is 0. The fraction of sp³-hybridized carbons (Fsp3) is 0.0435. The Labute approximate surface area is 177 Å². The van der Waals surface area contributed by atoms with Gasteiger partial charge in [0.2, 0.25) is 5.88 Å². The zero-order chi connectivity index (χ0) is 21.6. The van der Waals surface area contributed by atoms with Crippen LogP contribution in [0.15, 0.2) is 79.1 Å². The highest BCUT2D eigenvalue weighted by Gasteiger charge is 2.12. The lowest BCUT2D eigenvalue weighted by Crippen LogP contribution is -2.15. The molecule has 0 unspecified atom stereocenters. The second kappa shape index (κ2) is 8.91. The van der Waals surface area contributed by atoms with Crippen molar-refractivity contribution >= 4 is 34.3 Å². The number of para-hydroxylation sites is 1. The predicted molar refractivity (Wildman–Crippen MR) is 116 cm³/mol. The van der Waals surface area contributed by atoms with Gasteiger partial charge < -0.3 is 20.5 Å². The lowest BCUT2D eigenvalue weighted by Gasteiger charge is -2.12. The number of anilines is 2. The number of carbonyl (C=O) groups excluding carboxylic acids is 1. The molecule has 0 spiro atoms. The van der Waals surface area contributed by atoms with Crippen molar-refractivity contribution in [3.63, 3.8) is 0 Å². The molecular formula is C23H18N4O4. The summed E-state index contributed by atoms with van der Waals surface area (Å²) < 4.78 is 4.57. The Morgan fingerprint density at radius 2 is 1.71 bits per heavy atom. The Morgan fingerprint density at radius 1 is 0.935 bits per heavy atom. The number of fused-ring (bicyclic) bond motifs is 1. The highest BCUT2D eigenvalue weighted by molar-refractivity contribution is 6.08. The summed E-state index contributed by atoms with van der Waals surface area (Å²) in [6.45, 7) is 0.344. The average molecular weight is 414 g/mol. The van der Waals surface area contributed by atoms with Gasteiger partial charge in [0, 0.05) is 36.1 Å². The van der Waals surface area contributed by atoms with Crippen LogP contribution in [-0.2, 0) is 6.54 Å². The topological polar surface area (TPSA) is 113 Å². The fourth-order valence-electron chi connectivity index (χ4n) is 3.07. The third-order valence-corrected chi connectivity index (χ3v) is 4.52. The van der Waals surface area contributed by atoms with E-state index in [2.05, 4.69) is 25.3 Å². The third-order valence-electron chi connectivity index (χ3n) is 4.52. The van der Waals surface area contributed by atoms with E-state index in [9.17, 15) is 9.59 Å². The van der Waals surface area contributed by atoms with Crippen LogP contribution in [0.5, 0.6) is 5.88 Å². The van der Waals surface area contributed by atoms with E-state index in [1.165, 1.54) is 12.3 Å². The third kappa shape index (κ3) is 4.94. The van der Waals surface area contributed by atoms with E-state index in [1.807, 2.05) is 36.4 Å². The molecule has 0 aliphatic rings. The van der Waals surface area contributed by atoms with Gasteiger partial charge in [0.05, 0.1) is 5.56 Å². The molecule has 2 aromatic carbocycles. The van der Waals surface area contributed by atoms with Crippen LogP contribution < -0.4 is 15.4 Å². The summed E-state index contributed by atoms with van der Waals surface area (Å²) in [5, 5.41) is 16.7. The second-order valence-corrected chi connectivity index (χ2v) is 6.64. The summed E-state index contributed by atoms with van der Waals surface area (Å²) in [6, 6.07) is 19.9. The molecule has 4 rings (SSSR count). The van der Waals surface area contributed by atoms with E-state index in [0.717, 1.165) is 16.3 Å². The molecule has 0 aliphatic heterocycles. The number of nitrogens with zero attached hydrogens (tertiary/aromatic N) is 2. The van der Waals surface area contributed by atoms with Gasteiger partial charge in [-0.05, 0) is 35.2 Å². The Hall–Kier alpha value is -4.46. The normalized spacial score (nSPS) is 10.5. The van der Waals surface area contributed by atoms with Crippen molar-refractivity contribution in [1.82, 2.24) is 9.97 Å². The lowest BCUT2D eigenvalue weighted by atomic mass is 10.1. The first-order valence-electron chi connectivity index (χ1n) is 9.43. The number of carboxylic acid groups (broad SMARTS) is 1. The van der Waals surface area contributed by atoms with Gasteiger partial charge >= 0.3 is 6.16 Å². The van der Waals surface area contributed by atoms with Gasteiger partial charge in [-0.25, -0.2) is 14.8 Å². The number of carbonyl (C=O) groups is 2. The van der Waals surface area contributed by atoms with Crippen molar-refractivity contribution in [1.29, 1.82) is 0 Å². The molecule has 31 heavy (non-hydrogen) atoms. The van der Waals surface area contributed by atoms with Crippen LogP contribution in [0.3, 0.4) is 0 Å². The number of hydrogen-bond acceptors (Lipinski definition) is 6. The highest BCUT2D eigenvalue weighted by atomic mass is 16.7. The monoisotopic (exact) mass is 414 g/mol. The molecular weight excluding hydrogens is 396 g/mol. The fourth-order valence-corrected chi connectivity index (χ4v) is 3.07. The van der Waals surface area contributed by atoms with Crippen molar-refractivity contribution in [2.24, 2.45) is 0 Å². The van der Waals surface area contributed by atoms with Crippen LogP contribution >= 0.6 is 0 Å². The molecule has 0 aliphatic carbocycles. The number of amides is 1. The Morgan fingerprint density at radius 3 is 2.55 bits per heavy atom. The van der Waals surface area contributed by atoms with Gasteiger partial charge in [-0.15, -0.1) is 0 Å². The van der Waals surface area contributed by atoms with Gasteiger partial charge in [-0.2, -0.15) is 0 Å². The molecule has 4 aromatic rings. The summed E-state index contributed by atoms with van der Waals surface area (Å²) >= 11 is 0. The number of rotatable bonds is 6. The second-order valence-electron chi connectivity index (χ2n) is 6.64. The minimum absolute atomic E-state index is 0.0137. The number of ether oxygens (including phenoxy) is 1. The molecule has 0 radical (unpaired) electrons. The van der Waals surface area contributed by atoms with Crippen LogP contribution in [0, 0.1) is 0 Å². The summed E-state index contributed by atoms with van der Waals surface area (Å²) in [6.07, 6.45) is 1.75.